The van der Waals surface area contributed by atoms with E-state index >= 15 is 0 Å². The van der Waals surface area contributed by atoms with Crippen molar-refractivity contribution in [1.29, 1.82) is 0 Å². The van der Waals surface area contributed by atoms with Gasteiger partial charge in [0.15, 0.2) is 0 Å². The molecule has 0 aliphatic carbocycles. The molecule has 0 fully saturated rings. The second kappa shape index (κ2) is 6.49. The number of methoxy groups -OCH3 is 1. The van der Waals surface area contributed by atoms with Crippen LogP contribution in [0, 0.1) is 0 Å². The summed E-state index contributed by atoms with van der Waals surface area (Å²) in [6, 6.07) is 5.03. The minimum Gasteiger partial charge on any atom is -0.481 e. The highest BCUT2D eigenvalue weighted by Gasteiger charge is 2.12. The van der Waals surface area contributed by atoms with Gasteiger partial charge in [-0.15, -0.1) is 0 Å². The average Bonchev–Trinajstić information content (AvgIpc) is 2.77. The third-order valence-electron chi connectivity index (χ3n) is 3.02. The quantitative estimate of drug-likeness (QED) is 0.945. The summed E-state index contributed by atoms with van der Waals surface area (Å²) in [6.45, 7) is 0.457. The number of hydrogen-bond acceptors (Lipinski definition) is 3. The molecular weight excluding hydrogens is 292 g/mol. The van der Waals surface area contributed by atoms with Gasteiger partial charge in [-0.1, -0.05) is 11.6 Å². The summed E-state index contributed by atoms with van der Waals surface area (Å²) >= 11 is 5.93. The lowest BCUT2D eigenvalue weighted by atomic mass is 10.4. The summed E-state index contributed by atoms with van der Waals surface area (Å²) < 4.78 is 6.86. The summed E-state index contributed by atoms with van der Waals surface area (Å²) in [5.41, 5.74) is 1.56. The largest absolute Gasteiger partial charge is 0.481 e. The van der Waals surface area contributed by atoms with Crippen LogP contribution in [0.25, 0.3) is 0 Å². The number of aromatic nitrogens is 2. The monoisotopic (exact) mass is 308 g/mol. The smallest absolute Gasteiger partial charge is 0.321 e. The molecule has 6 nitrogen and oxygen atoms in total. The van der Waals surface area contributed by atoms with Crippen molar-refractivity contribution in [2.75, 3.05) is 19.5 Å². The van der Waals surface area contributed by atoms with E-state index in [4.69, 9.17) is 16.3 Å². The lowest BCUT2D eigenvalue weighted by Crippen LogP contribution is -2.31. The minimum absolute atomic E-state index is 0.223. The van der Waals surface area contributed by atoms with Gasteiger partial charge < -0.3 is 19.5 Å². The van der Waals surface area contributed by atoms with E-state index in [-0.39, 0.29) is 6.03 Å². The number of carbonyl (C=O) groups is 1. The molecule has 0 saturated heterocycles. The Hall–Kier alpha value is -2.21. The molecule has 2 aromatic heterocycles. The van der Waals surface area contributed by atoms with E-state index in [0.29, 0.717) is 23.1 Å². The summed E-state index contributed by atoms with van der Waals surface area (Å²) in [5, 5.41) is 3.42. The molecule has 0 aliphatic rings. The van der Waals surface area contributed by atoms with Crippen LogP contribution in [-0.2, 0) is 13.6 Å². The molecule has 0 radical (unpaired) electrons. The van der Waals surface area contributed by atoms with Crippen molar-refractivity contribution in [3.8, 4) is 5.88 Å². The van der Waals surface area contributed by atoms with Gasteiger partial charge in [0, 0.05) is 32.1 Å². The number of carbonyl (C=O) groups excluding carboxylic acids is 1. The topological polar surface area (TPSA) is 59.4 Å². The lowest BCUT2D eigenvalue weighted by molar-refractivity contribution is 0.220. The molecule has 7 heteroatoms. The van der Waals surface area contributed by atoms with Crippen molar-refractivity contribution in [2.45, 2.75) is 6.54 Å². The summed E-state index contributed by atoms with van der Waals surface area (Å²) in [7, 11) is 5.15. The number of anilines is 1. The number of urea groups is 1. The van der Waals surface area contributed by atoms with E-state index < -0.39 is 0 Å². The standard InChI is InChI=1S/C14H17ClN4O2/c1-18-8-10(15)6-12(18)9-19(2)14(20)17-11-4-5-13(21-3)16-7-11/h4-8H,9H2,1-3H3,(H,17,20). The molecule has 0 aromatic carbocycles. The van der Waals surface area contributed by atoms with Crippen molar-refractivity contribution in [1.82, 2.24) is 14.5 Å². The van der Waals surface area contributed by atoms with E-state index in [2.05, 4.69) is 10.3 Å². The molecule has 2 rings (SSSR count). The molecule has 0 unspecified atom stereocenters. The van der Waals surface area contributed by atoms with E-state index in [1.807, 2.05) is 17.7 Å². The highest BCUT2D eigenvalue weighted by molar-refractivity contribution is 6.30. The first kappa shape index (κ1) is 15.2. The number of amides is 2. The zero-order valence-corrected chi connectivity index (χ0v) is 12.9. The summed E-state index contributed by atoms with van der Waals surface area (Å²) in [5.74, 6) is 0.500. The highest BCUT2D eigenvalue weighted by Crippen LogP contribution is 2.15. The maximum atomic E-state index is 12.1. The fourth-order valence-corrected chi connectivity index (χ4v) is 2.10. The predicted molar refractivity (Wildman–Crippen MR) is 81.7 cm³/mol. The first-order valence-corrected chi connectivity index (χ1v) is 6.70. The van der Waals surface area contributed by atoms with Crippen molar-refractivity contribution in [3.05, 3.63) is 41.3 Å². The van der Waals surface area contributed by atoms with Gasteiger partial charge in [0.25, 0.3) is 0 Å². The first-order valence-electron chi connectivity index (χ1n) is 6.32. The zero-order valence-electron chi connectivity index (χ0n) is 12.1. The molecular formula is C14H17ClN4O2. The SMILES string of the molecule is COc1ccc(NC(=O)N(C)Cc2cc(Cl)cn2C)cn1. The normalized spacial score (nSPS) is 10.3. The van der Waals surface area contributed by atoms with E-state index in [9.17, 15) is 4.79 Å². The van der Waals surface area contributed by atoms with Gasteiger partial charge >= 0.3 is 6.03 Å². The van der Waals surface area contributed by atoms with Crippen LogP contribution in [0.1, 0.15) is 5.69 Å². The highest BCUT2D eigenvalue weighted by atomic mass is 35.5. The van der Waals surface area contributed by atoms with Crippen LogP contribution in [0.4, 0.5) is 10.5 Å². The fourth-order valence-electron chi connectivity index (χ4n) is 1.83. The Morgan fingerprint density at radius 1 is 1.52 bits per heavy atom. The third kappa shape index (κ3) is 3.88. The first-order chi connectivity index (χ1) is 9.99. The number of hydrogen-bond donors (Lipinski definition) is 1. The number of nitrogens with one attached hydrogen (secondary N) is 1. The number of aryl methyl sites for hydroxylation is 1. The second-order valence-electron chi connectivity index (χ2n) is 4.64. The van der Waals surface area contributed by atoms with Crippen LogP contribution in [0.5, 0.6) is 5.88 Å². The molecule has 1 N–H and O–H groups in total. The van der Waals surface area contributed by atoms with Gasteiger partial charge in [-0.05, 0) is 12.1 Å². The molecule has 0 saturated carbocycles. The van der Waals surface area contributed by atoms with Crippen molar-refractivity contribution in [3.63, 3.8) is 0 Å². The Balaban J connectivity index is 1.97. The van der Waals surface area contributed by atoms with Crippen LogP contribution in [-0.4, -0.2) is 34.6 Å². The van der Waals surface area contributed by atoms with Crippen LogP contribution >= 0.6 is 11.6 Å². The molecule has 21 heavy (non-hydrogen) atoms. The lowest BCUT2D eigenvalue weighted by Gasteiger charge is -2.18. The van der Waals surface area contributed by atoms with Crippen LogP contribution in [0.15, 0.2) is 30.6 Å². The van der Waals surface area contributed by atoms with Gasteiger partial charge in [-0.3, -0.25) is 0 Å². The Bertz CT molecular complexity index is 624. The summed E-state index contributed by atoms with van der Waals surface area (Å²) in [4.78, 5) is 17.7. The maximum Gasteiger partial charge on any atom is 0.321 e. The average molecular weight is 309 g/mol. The van der Waals surface area contributed by atoms with E-state index in [1.54, 1.807) is 43.6 Å². The van der Waals surface area contributed by atoms with Crippen molar-refractivity contribution < 1.29 is 9.53 Å². The predicted octanol–water partition coefficient (Wildman–Crippen LogP) is 2.75. The van der Waals surface area contributed by atoms with Gasteiger partial charge in [0.2, 0.25) is 5.88 Å². The number of nitrogens with zero attached hydrogens (tertiary/aromatic N) is 3. The van der Waals surface area contributed by atoms with Gasteiger partial charge in [0.1, 0.15) is 0 Å². The van der Waals surface area contributed by atoms with Gasteiger partial charge in [0.05, 0.1) is 30.6 Å². The Morgan fingerprint density at radius 2 is 2.29 bits per heavy atom. The molecule has 0 atom stereocenters. The maximum absolute atomic E-state index is 12.1. The Labute approximate surface area is 128 Å². The molecule has 2 heterocycles. The van der Waals surface area contributed by atoms with Crippen LogP contribution in [0.2, 0.25) is 5.02 Å². The molecule has 0 spiro atoms. The van der Waals surface area contributed by atoms with Gasteiger partial charge in [-0.2, -0.15) is 0 Å². The van der Waals surface area contributed by atoms with Crippen molar-refractivity contribution in [2.24, 2.45) is 7.05 Å². The molecule has 0 aliphatic heterocycles. The van der Waals surface area contributed by atoms with Crippen LogP contribution in [0.3, 0.4) is 0 Å². The molecule has 2 aromatic rings. The number of pyridine rings is 1. The molecule has 0 bridgehead atoms. The van der Waals surface area contributed by atoms with E-state index in [1.165, 1.54) is 0 Å². The third-order valence-corrected chi connectivity index (χ3v) is 3.22. The fraction of sp³-hybridized carbons (Fsp3) is 0.286. The van der Waals surface area contributed by atoms with E-state index in [0.717, 1.165) is 5.69 Å². The number of halogens is 1. The second-order valence-corrected chi connectivity index (χ2v) is 5.07. The Kier molecular flexibility index (Phi) is 4.70. The molecule has 112 valence electrons. The minimum atomic E-state index is -0.223. The molecule has 2 amide bonds. The summed E-state index contributed by atoms with van der Waals surface area (Å²) in [6.07, 6.45) is 3.35. The van der Waals surface area contributed by atoms with Crippen LogP contribution < -0.4 is 10.1 Å². The number of ether oxygens (including phenoxy) is 1. The van der Waals surface area contributed by atoms with Gasteiger partial charge in [-0.25, -0.2) is 9.78 Å². The zero-order chi connectivity index (χ0) is 15.4. The Morgan fingerprint density at radius 3 is 2.81 bits per heavy atom. The van der Waals surface area contributed by atoms with Crippen molar-refractivity contribution >= 4 is 23.3 Å². The number of rotatable bonds is 4.